The first-order valence-corrected chi connectivity index (χ1v) is 7.01. The molecular formula is C16H20FN3O. The van der Waals surface area contributed by atoms with E-state index in [2.05, 4.69) is 15.3 Å². The van der Waals surface area contributed by atoms with E-state index in [0.717, 1.165) is 11.3 Å². The zero-order chi connectivity index (χ0) is 15.2. The minimum Gasteiger partial charge on any atom is -0.388 e. The predicted molar refractivity (Wildman–Crippen MR) is 79.0 cm³/mol. The fourth-order valence-electron chi connectivity index (χ4n) is 2.27. The number of rotatable bonds is 6. The number of benzene rings is 1. The van der Waals surface area contributed by atoms with Crippen molar-refractivity contribution in [3.8, 4) is 0 Å². The Bertz CT molecular complexity index is 547. The summed E-state index contributed by atoms with van der Waals surface area (Å²) in [7, 11) is 0. The molecule has 1 aromatic carbocycles. The lowest BCUT2D eigenvalue weighted by atomic mass is 10.0. The molecule has 2 N–H and O–H groups in total. The van der Waals surface area contributed by atoms with Crippen LogP contribution in [0.2, 0.25) is 0 Å². The Hall–Kier alpha value is -1.85. The summed E-state index contributed by atoms with van der Waals surface area (Å²) < 4.78 is 12.9. The second-order valence-corrected chi connectivity index (χ2v) is 5.22. The van der Waals surface area contributed by atoms with Crippen molar-refractivity contribution in [3.63, 3.8) is 0 Å². The quantitative estimate of drug-likeness (QED) is 0.858. The molecule has 1 heterocycles. The smallest absolute Gasteiger partial charge is 0.123 e. The lowest BCUT2D eigenvalue weighted by Crippen LogP contribution is -2.31. The first kappa shape index (κ1) is 15.5. The molecule has 0 spiro atoms. The fourth-order valence-corrected chi connectivity index (χ4v) is 2.27. The third-order valence-electron chi connectivity index (χ3n) is 3.39. The molecule has 0 unspecified atom stereocenters. The number of nitrogens with zero attached hydrogens (tertiary/aromatic N) is 2. The van der Waals surface area contributed by atoms with Crippen LogP contribution < -0.4 is 5.32 Å². The van der Waals surface area contributed by atoms with Crippen LogP contribution in [0.5, 0.6) is 0 Å². The molecule has 0 radical (unpaired) electrons. The zero-order valence-corrected chi connectivity index (χ0v) is 12.2. The van der Waals surface area contributed by atoms with Crippen LogP contribution in [0.4, 0.5) is 4.39 Å². The molecule has 5 heteroatoms. The van der Waals surface area contributed by atoms with Crippen molar-refractivity contribution in [1.29, 1.82) is 0 Å². The van der Waals surface area contributed by atoms with Gasteiger partial charge in [0.25, 0.3) is 0 Å². The van der Waals surface area contributed by atoms with E-state index in [0.29, 0.717) is 6.42 Å². The Morgan fingerprint density at radius 3 is 2.52 bits per heavy atom. The molecule has 3 atom stereocenters. The molecule has 0 amide bonds. The minimum atomic E-state index is -0.623. The van der Waals surface area contributed by atoms with Gasteiger partial charge in [-0.15, -0.1) is 0 Å². The van der Waals surface area contributed by atoms with Crippen LogP contribution in [-0.2, 0) is 0 Å². The van der Waals surface area contributed by atoms with Gasteiger partial charge in [0, 0.05) is 30.7 Å². The second kappa shape index (κ2) is 7.24. The van der Waals surface area contributed by atoms with Crippen LogP contribution in [0.15, 0.2) is 42.9 Å². The predicted octanol–water partition coefficient (Wildman–Crippen LogP) is 2.78. The number of hydrogen-bond acceptors (Lipinski definition) is 4. The number of nitrogens with one attached hydrogen (secondary N) is 1. The number of aliphatic hydroxyl groups is 1. The molecular weight excluding hydrogens is 269 g/mol. The van der Waals surface area contributed by atoms with Gasteiger partial charge in [-0.1, -0.05) is 12.1 Å². The Morgan fingerprint density at radius 2 is 1.90 bits per heavy atom. The van der Waals surface area contributed by atoms with Crippen molar-refractivity contribution < 1.29 is 9.50 Å². The van der Waals surface area contributed by atoms with Crippen LogP contribution >= 0.6 is 0 Å². The van der Waals surface area contributed by atoms with Gasteiger partial charge >= 0.3 is 0 Å². The average Bonchev–Trinajstić information content (AvgIpc) is 2.48. The van der Waals surface area contributed by atoms with Crippen LogP contribution in [0.3, 0.4) is 0 Å². The molecule has 21 heavy (non-hydrogen) atoms. The monoisotopic (exact) mass is 289 g/mol. The minimum absolute atomic E-state index is 0.0501. The standard InChI is InChI=1S/C16H20FN3O/c1-11(20-12(2)15-10-18-7-8-19-15)9-16(21)13-3-5-14(17)6-4-13/h3-8,10-12,16,20-21H,9H2,1-2H3/t11-,12-,16-/m1/s1. The third-order valence-corrected chi connectivity index (χ3v) is 3.39. The first-order chi connectivity index (χ1) is 10.1. The van der Waals surface area contributed by atoms with E-state index in [1.54, 1.807) is 30.7 Å². The van der Waals surface area contributed by atoms with Crippen molar-refractivity contribution in [2.75, 3.05) is 0 Å². The van der Waals surface area contributed by atoms with Gasteiger partial charge in [-0.2, -0.15) is 0 Å². The van der Waals surface area contributed by atoms with Gasteiger partial charge in [0.05, 0.1) is 11.8 Å². The lowest BCUT2D eigenvalue weighted by Gasteiger charge is -2.22. The van der Waals surface area contributed by atoms with Crippen LogP contribution in [0.25, 0.3) is 0 Å². The van der Waals surface area contributed by atoms with Gasteiger partial charge in [0.2, 0.25) is 0 Å². The normalized spacial score (nSPS) is 15.4. The number of aromatic nitrogens is 2. The largest absolute Gasteiger partial charge is 0.388 e. The third kappa shape index (κ3) is 4.58. The Balaban J connectivity index is 1.89. The molecule has 2 rings (SSSR count). The van der Waals surface area contributed by atoms with E-state index in [-0.39, 0.29) is 17.9 Å². The molecule has 1 aromatic heterocycles. The molecule has 0 saturated carbocycles. The summed E-state index contributed by atoms with van der Waals surface area (Å²) in [5, 5.41) is 13.5. The topological polar surface area (TPSA) is 58.0 Å². The molecule has 0 aliphatic carbocycles. The maximum atomic E-state index is 12.9. The fraction of sp³-hybridized carbons (Fsp3) is 0.375. The van der Waals surface area contributed by atoms with Crippen molar-refractivity contribution in [2.45, 2.75) is 38.5 Å². The lowest BCUT2D eigenvalue weighted by molar-refractivity contribution is 0.151. The van der Waals surface area contributed by atoms with Crippen LogP contribution in [0.1, 0.15) is 43.7 Å². The summed E-state index contributed by atoms with van der Waals surface area (Å²) in [5.41, 5.74) is 1.58. The summed E-state index contributed by atoms with van der Waals surface area (Å²) in [6, 6.07) is 6.08. The van der Waals surface area contributed by atoms with E-state index >= 15 is 0 Å². The van der Waals surface area contributed by atoms with Gasteiger partial charge in [0.15, 0.2) is 0 Å². The Morgan fingerprint density at radius 1 is 1.19 bits per heavy atom. The summed E-state index contributed by atoms with van der Waals surface area (Å²) in [6.45, 7) is 4.00. The Labute approximate surface area is 124 Å². The zero-order valence-electron chi connectivity index (χ0n) is 12.2. The van der Waals surface area contributed by atoms with Crippen molar-refractivity contribution >= 4 is 0 Å². The van der Waals surface area contributed by atoms with E-state index in [9.17, 15) is 9.50 Å². The summed E-state index contributed by atoms with van der Waals surface area (Å²) in [4.78, 5) is 8.29. The SMILES string of the molecule is C[C@H](C[C@@H](O)c1ccc(F)cc1)N[C@H](C)c1cnccn1. The molecule has 0 bridgehead atoms. The number of halogens is 1. The maximum Gasteiger partial charge on any atom is 0.123 e. The van der Waals surface area contributed by atoms with E-state index in [1.807, 2.05) is 13.8 Å². The Kier molecular flexibility index (Phi) is 5.36. The van der Waals surface area contributed by atoms with Crippen LogP contribution in [-0.4, -0.2) is 21.1 Å². The van der Waals surface area contributed by atoms with Crippen molar-refractivity contribution in [1.82, 2.24) is 15.3 Å². The molecule has 0 aliphatic heterocycles. The average molecular weight is 289 g/mol. The molecule has 4 nitrogen and oxygen atoms in total. The first-order valence-electron chi connectivity index (χ1n) is 7.01. The number of hydrogen-bond donors (Lipinski definition) is 2. The maximum absolute atomic E-state index is 12.9. The number of aliphatic hydroxyl groups excluding tert-OH is 1. The molecule has 0 saturated heterocycles. The highest BCUT2D eigenvalue weighted by molar-refractivity contribution is 5.18. The van der Waals surface area contributed by atoms with Gasteiger partial charge in [-0.05, 0) is 38.0 Å². The second-order valence-electron chi connectivity index (χ2n) is 5.22. The van der Waals surface area contributed by atoms with E-state index < -0.39 is 6.10 Å². The van der Waals surface area contributed by atoms with Gasteiger partial charge in [0.1, 0.15) is 5.82 Å². The van der Waals surface area contributed by atoms with E-state index in [4.69, 9.17) is 0 Å². The molecule has 0 fully saturated rings. The highest BCUT2D eigenvalue weighted by atomic mass is 19.1. The highest BCUT2D eigenvalue weighted by Gasteiger charge is 2.15. The van der Waals surface area contributed by atoms with Gasteiger partial charge < -0.3 is 10.4 Å². The van der Waals surface area contributed by atoms with E-state index in [1.165, 1.54) is 12.1 Å². The highest BCUT2D eigenvalue weighted by Crippen LogP contribution is 2.20. The molecule has 112 valence electrons. The van der Waals surface area contributed by atoms with Crippen molar-refractivity contribution in [3.05, 3.63) is 59.9 Å². The van der Waals surface area contributed by atoms with Gasteiger partial charge in [-0.25, -0.2) is 4.39 Å². The summed E-state index contributed by atoms with van der Waals surface area (Å²) >= 11 is 0. The van der Waals surface area contributed by atoms with Gasteiger partial charge in [-0.3, -0.25) is 9.97 Å². The van der Waals surface area contributed by atoms with Crippen molar-refractivity contribution in [2.24, 2.45) is 0 Å². The molecule has 0 aliphatic rings. The summed E-state index contributed by atoms with van der Waals surface area (Å²) in [5.74, 6) is -0.298. The summed E-state index contributed by atoms with van der Waals surface area (Å²) in [6.07, 6.45) is 4.93. The molecule has 2 aromatic rings. The van der Waals surface area contributed by atoms with Crippen LogP contribution in [0, 0.1) is 5.82 Å².